The molecule has 1 amide bonds. The fourth-order valence-corrected chi connectivity index (χ4v) is 6.18. The second-order valence-corrected chi connectivity index (χ2v) is 12.2. The lowest BCUT2D eigenvalue weighted by Gasteiger charge is -2.31. The van der Waals surface area contributed by atoms with Gasteiger partial charge in [-0.15, -0.1) is 11.3 Å². The third kappa shape index (κ3) is 6.48. The van der Waals surface area contributed by atoms with Gasteiger partial charge in [0.05, 0.1) is 24.5 Å². The molecule has 1 saturated heterocycles. The Kier molecular flexibility index (Phi) is 7.92. The zero-order valence-corrected chi connectivity index (χ0v) is 23.3. The second kappa shape index (κ2) is 11.1. The van der Waals surface area contributed by atoms with Crippen molar-refractivity contribution in [3.8, 4) is 5.75 Å². The molecule has 15 heteroatoms. The summed E-state index contributed by atoms with van der Waals surface area (Å²) in [6.45, 7) is 2.43. The number of hydrogen-bond donors (Lipinski definition) is 0. The maximum absolute atomic E-state index is 12.9. The topological polar surface area (TPSA) is 113 Å². The first-order chi connectivity index (χ1) is 18.9. The highest BCUT2D eigenvalue weighted by Crippen LogP contribution is 2.36. The number of likely N-dealkylation sites (tertiary alicyclic amines) is 1. The zero-order valence-electron chi connectivity index (χ0n) is 21.7. The number of ether oxygens (including phenoxy) is 2. The highest BCUT2D eigenvalue weighted by Gasteiger charge is 2.35. The Hall–Kier alpha value is -3.01. The molecule has 0 aliphatic carbocycles. The van der Waals surface area contributed by atoms with E-state index in [0.717, 1.165) is 27.6 Å². The van der Waals surface area contributed by atoms with E-state index in [1.807, 2.05) is 11.4 Å². The quantitative estimate of drug-likeness (QED) is 0.388. The number of carbonyl (C=O) groups is 1. The SMILES string of the molecule is Cc1cc(C(F)(F)F)nn1CC(=O)N1CCC(c2nc(C3OCc4cccc(OS(C)(=O)=O)c4CO3)cs2)CC1. The van der Waals surface area contributed by atoms with E-state index in [9.17, 15) is 26.4 Å². The largest absolute Gasteiger partial charge is 0.435 e. The van der Waals surface area contributed by atoms with Gasteiger partial charge >= 0.3 is 16.3 Å². The Morgan fingerprint density at radius 3 is 2.60 bits per heavy atom. The minimum absolute atomic E-state index is 0.0826. The molecule has 0 radical (unpaired) electrons. The van der Waals surface area contributed by atoms with Crippen molar-refractivity contribution in [2.24, 2.45) is 0 Å². The number of amides is 1. The molecule has 3 aromatic rings. The van der Waals surface area contributed by atoms with E-state index in [0.29, 0.717) is 37.2 Å². The summed E-state index contributed by atoms with van der Waals surface area (Å²) in [5.41, 5.74) is 1.23. The van der Waals surface area contributed by atoms with Crippen molar-refractivity contribution in [3.05, 3.63) is 62.9 Å². The lowest BCUT2D eigenvalue weighted by atomic mass is 9.97. The van der Waals surface area contributed by atoms with E-state index in [1.165, 1.54) is 18.3 Å². The fourth-order valence-electron chi connectivity index (χ4n) is 4.70. The maximum atomic E-state index is 12.9. The monoisotopic (exact) mass is 600 g/mol. The molecule has 10 nitrogen and oxygen atoms in total. The first-order valence-corrected chi connectivity index (χ1v) is 15.1. The minimum atomic E-state index is -4.56. The van der Waals surface area contributed by atoms with E-state index in [4.69, 9.17) is 18.6 Å². The van der Waals surface area contributed by atoms with Gasteiger partial charge in [0, 0.05) is 35.6 Å². The van der Waals surface area contributed by atoms with Crippen molar-refractivity contribution in [1.29, 1.82) is 0 Å². The molecule has 4 heterocycles. The number of thiazole rings is 1. The van der Waals surface area contributed by atoms with Crippen LogP contribution in [-0.2, 0) is 50.3 Å². The summed E-state index contributed by atoms with van der Waals surface area (Å²) < 4.78 is 80.1. The molecule has 40 heavy (non-hydrogen) atoms. The van der Waals surface area contributed by atoms with Gasteiger partial charge < -0.3 is 18.6 Å². The number of nitrogens with zero attached hydrogens (tertiary/aromatic N) is 4. The third-order valence-corrected chi connectivity index (χ3v) is 8.28. The molecule has 2 aliphatic rings. The van der Waals surface area contributed by atoms with Crippen LogP contribution in [-0.4, -0.2) is 53.3 Å². The predicted molar refractivity (Wildman–Crippen MR) is 137 cm³/mol. The van der Waals surface area contributed by atoms with Gasteiger partial charge in [-0.2, -0.15) is 26.7 Å². The molecule has 0 spiro atoms. The van der Waals surface area contributed by atoms with Crippen LogP contribution in [0.2, 0.25) is 0 Å². The van der Waals surface area contributed by atoms with Gasteiger partial charge in [0.1, 0.15) is 18.0 Å². The van der Waals surface area contributed by atoms with Crippen LogP contribution in [0.15, 0.2) is 29.6 Å². The van der Waals surface area contributed by atoms with Crippen molar-refractivity contribution >= 4 is 27.4 Å². The molecule has 2 aliphatic heterocycles. The summed E-state index contributed by atoms with van der Waals surface area (Å²) in [7, 11) is -3.71. The van der Waals surface area contributed by atoms with Crippen molar-refractivity contribution in [2.45, 2.75) is 57.9 Å². The Balaban J connectivity index is 1.17. The van der Waals surface area contributed by atoms with Gasteiger partial charge in [0.25, 0.3) is 0 Å². The van der Waals surface area contributed by atoms with Crippen LogP contribution in [0.3, 0.4) is 0 Å². The first kappa shape index (κ1) is 28.5. The standard InChI is InChI=1S/C25H27F3N4O6S2/c1-15-10-21(25(26,27)28)30-32(15)11-22(33)31-8-6-16(7-9-31)23-29-19(14-39-23)24-36-12-17-4-3-5-20(18(17)13-37-24)38-40(2,34)35/h3-5,10,14,16,24H,6-9,11-13H2,1-2H3. The lowest BCUT2D eigenvalue weighted by Crippen LogP contribution is -2.40. The Bertz CT molecular complexity index is 1500. The van der Waals surface area contributed by atoms with E-state index in [1.54, 1.807) is 17.0 Å². The number of alkyl halides is 3. The number of aromatic nitrogens is 3. The molecular weight excluding hydrogens is 573 g/mol. The van der Waals surface area contributed by atoms with Crippen LogP contribution < -0.4 is 4.18 Å². The molecule has 216 valence electrons. The molecule has 5 rings (SSSR count). The molecule has 2 aromatic heterocycles. The van der Waals surface area contributed by atoms with Crippen LogP contribution in [0, 0.1) is 6.92 Å². The summed E-state index contributed by atoms with van der Waals surface area (Å²) in [5.74, 6) is 0.0362. The lowest BCUT2D eigenvalue weighted by molar-refractivity contribution is -0.155. The molecule has 1 fully saturated rings. The van der Waals surface area contributed by atoms with E-state index in [-0.39, 0.29) is 43.0 Å². The summed E-state index contributed by atoms with van der Waals surface area (Å²) >= 11 is 1.47. The number of fused-ring (bicyclic) bond motifs is 1. The summed E-state index contributed by atoms with van der Waals surface area (Å²) in [4.78, 5) is 19.1. The number of carbonyl (C=O) groups excluding carboxylic acids is 1. The molecule has 1 atom stereocenters. The maximum Gasteiger partial charge on any atom is 0.435 e. The van der Waals surface area contributed by atoms with Gasteiger partial charge in [-0.3, -0.25) is 9.48 Å². The number of hydrogen-bond acceptors (Lipinski definition) is 9. The molecule has 0 N–H and O–H groups in total. The van der Waals surface area contributed by atoms with Crippen LogP contribution in [0.4, 0.5) is 13.2 Å². The third-order valence-electron chi connectivity index (χ3n) is 6.78. The molecule has 1 aromatic carbocycles. The normalized spacial score (nSPS) is 18.8. The van der Waals surface area contributed by atoms with Crippen LogP contribution in [0.1, 0.15) is 58.3 Å². The summed E-state index contributed by atoms with van der Waals surface area (Å²) in [6, 6.07) is 6.01. The smallest absolute Gasteiger partial charge is 0.382 e. The molecule has 0 bridgehead atoms. The van der Waals surface area contributed by atoms with Gasteiger partial charge in [-0.25, -0.2) is 4.98 Å². The second-order valence-electron chi connectivity index (χ2n) is 9.73. The first-order valence-electron chi connectivity index (χ1n) is 12.5. The molecular formula is C25H27F3N4O6S2. The van der Waals surface area contributed by atoms with Crippen molar-refractivity contribution < 1.29 is 40.0 Å². The number of piperidine rings is 1. The number of rotatable bonds is 6. The van der Waals surface area contributed by atoms with Crippen LogP contribution in [0.25, 0.3) is 0 Å². The Morgan fingerprint density at radius 2 is 1.93 bits per heavy atom. The Morgan fingerprint density at radius 1 is 1.20 bits per heavy atom. The van der Waals surface area contributed by atoms with Gasteiger partial charge in [0.2, 0.25) is 12.2 Å². The van der Waals surface area contributed by atoms with Gasteiger partial charge in [-0.1, -0.05) is 12.1 Å². The van der Waals surface area contributed by atoms with Crippen LogP contribution in [0.5, 0.6) is 5.75 Å². The fraction of sp³-hybridized carbons (Fsp3) is 0.480. The number of benzene rings is 1. The van der Waals surface area contributed by atoms with E-state index < -0.39 is 28.3 Å². The molecule has 1 unspecified atom stereocenters. The number of aryl methyl sites for hydroxylation is 1. The van der Waals surface area contributed by atoms with E-state index in [2.05, 4.69) is 5.10 Å². The average molecular weight is 601 g/mol. The van der Waals surface area contributed by atoms with Gasteiger partial charge in [-0.05, 0) is 37.5 Å². The number of halogens is 3. The average Bonchev–Trinajstić information content (AvgIpc) is 3.45. The summed E-state index contributed by atoms with van der Waals surface area (Å²) in [6.07, 6.45) is -3.00. The van der Waals surface area contributed by atoms with Crippen LogP contribution >= 0.6 is 11.3 Å². The van der Waals surface area contributed by atoms with E-state index >= 15 is 0 Å². The molecule has 0 saturated carbocycles. The van der Waals surface area contributed by atoms with Crippen molar-refractivity contribution in [3.63, 3.8) is 0 Å². The minimum Gasteiger partial charge on any atom is -0.382 e. The van der Waals surface area contributed by atoms with Crippen molar-refractivity contribution in [2.75, 3.05) is 19.3 Å². The van der Waals surface area contributed by atoms with Gasteiger partial charge in [0.15, 0.2) is 5.69 Å². The predicted octanol–water partition coefficient (Wildman–Crippen LogP) is 4.16. The highest BCUT2D eigenvalue weighted by atomic mass is 32.2. The van der Waals surface area contributed by atoms with Crippen molar-refractivity contribution in [1.82, 2.24) is 19.7 Å². The Labute approximate surface area is 232 Å². The highest BCUT2D eigenvalue weighted by molar-refractivity contribution is 7.86. The summed E-state index contributed by atoms with van der Waals surface area (Å²) in [5, 5.41) is 6.29. The zero-order chi connectivity index (χ0) is 28.7.